The highest BCUT2D eigenvalue weighted by Crippen LogP contribution is 2.40. The normalized spacial score (nSPS) is 11.8. The molecule has 6 aromatic carbocycles. The van der Waals surface area contributed by atoms with E-state index in [-0.39, 0.29) is 0 Å². The van der Waals surface area contributed by atoms with Gasteiger partial charge in [-0.1, -0.05) is 48.5 Å². The second-order valence-electron chi connectivity index (χ2n) is 14.7. The third-order valence-corrected chi connectivity index (χ3v) is 11.1. The first kappa shape index (κ1) is 33.7. The molecule has 284 valence electrons. The van der Waals surface area contributed by atoms with Crippen molar-refractivity contribution in [1.29, 1.82) is 0 Å². The Hall–Kier alpha value is -8.37. The summed E-state index contributed by atoms with van der Waals surface area (Å²) < 4.78 is 19.7. The Labute approximate surface area is 342 Å². The summed E-state index contributed by atoms with van der Waals surface area (Å²) in [6, 6.07) is 53.3. The first-order chi connectivity index (χ1) is 29.6. The van der Waals surface area contributed by atoms with Crippen molar-refractivity contribution >= 4 is 65.4 Å². The molecule has 10 nitrogen and oxygen atoms in total. The maximum absolute atomic E-state index is 6.66. The van der Waals surface area contributed by atoms with Crippen LogP contribution in [-0.2, 0) is 0 Å². The number of ether oxygens (including phenoxy) is 2. The Kier molecular flexibility index (Phi) is 7.51. The molecule has 6 aromatic heterocycles. The van der Waals surface area contributed by atoms with Crippen molar-refractivity contribution in [3.63, 3.8) is 0 Å². The van der Waals surface area contributed by atoms with Gasteiger partial charge in [-0.05, 0) is 91.9 Å². The highest BCUT2D eigenvalue weighted by atomic mass is 16.5. The second kappa shape index (κ2) is 13.4. The number of rotatable bonds is 7. The van der Waals surface area contributed by atoms with Gasteiger partial charge < -0.3 is 9.47 Å². The number of aromatic nitrogens is 8. The van der Waals surface area contributed by atoms with Crippen LogP contribution in [0.2, 0.25) is 0 Å². The molecule has 6 heterocycles. The minimum Gasteiger partial charge on any atom is -0.457 e. The number of pyridine rings is 2. The zero-order valence-corrected chi connectivity index (χ0v) is 32.1. The number of benzene rings is 6. The maximum atomic E-state index is 6.66. The van der Waals surface area contributed by atoms with Gasteiger partial charge in [0.05, 0.1) is 45.0 Å². The van der Waals surface area contributed by atoms with E-state index in [0.717, 1.165) is 82.7 Å². The van der Waals surface area contributed by atoms with Gasteiger partial charge in [-0.2, -0.15) is 5.10 Å². The molecule has 0 atom stereocenters. The summed E-state index contributed by atoms with van der Waals surface area (Å²) in [5.41, 5.74) is 6.67. The van der Waals surface area contributed by atoms with Gasteiger partial charge in [-0.3, -0.25) is 13.7 Å². The topological polar surface area (TPSA) is 97.7 Å². The number of para-hydroxylation sites is 2. The van der Waals surface area contributed by atoms with Gasteiger partial charge in [0.25, 0.3) is 5.95 Å². The lowest BCUT2D eigenvalue weighted by molar-refractivity contribution is 0.484. The summed E-state index contributed by atoms with van der Waals surface area (Å²) in [5.74, 6) is 4.87. The van der Waals surface area contributed by atoms with E-state index in [1.807, 2.05) is 96.7 Å². The third kappa shape index (κ3) is 5.39. The fraction of sp³-hybridized carbons (Fsp3) is 0.0200. The van der Waals surface area contributed by atoms with E-state index in [2.05, 4.69) is 114 Å². The molecule has 0 N–H and O–H groups in total. The van der Waals surface area contributed by atoms with Crippen LogP contribution in [0, 0.1) is 6.92 Å². The quantitative estimate of drug-likeness (QED) is 0.159. The monoisotopic (exact) mass is 776 g/mol. The molecule has 0 saturated heterocycles. The maximum Gasteiger partial charge on any atom is 0.254 e. The summed E-state index contributed by atoms with van der Waals surface area (Å²) in [6.45, 7) is 1.91. The van der Waals surface area contributed by atoms with Crippen LogP contribution < -0.4 is 9.47 Å². The Bertz CT molecular complexity index is 3410. The first-order valence-corrected chi connectivity index (χ1v) is 19.6. The molecule has 0 bridgehead atoms. The average molecular weight is 777 g/mol. The molecule has 0 saturated carbocycles. The minimum atomic E-state index is 0.451. The van der Waals surface area contributed by atoms with Gasteiger partial charge >= 0.3 is 0 Å². The van der Waals surface area contributed by atoms with Crippen LogP contribution in [0.4, 0.5) is 0 Å². The van der Waals surface area contributed by atoms with Crippen molar-refractivity contribution in [2.45, 2.75) is 6.92 Å². The van der Waals surface area contributed by atoms with E-state index in [1.54, 1.807) is 6.20 Å². The Morgan fingerprint density at radius 3 is 1.22 bits per heavy atom. The lowest BCUT2D eigenvalue weighted by atomic mass is 10.1. The fourth-order valence-corrected chi connectivity index (χ4v) is 8.55. The molecule has 0 aliphatic heterocycles. The van der Waals surface area contributed by atoms with Crippen molar-refractivity contribution in [2.75, 3.05) is 0 Å². The van der Waals surface area contributed by atoms with Crippen LogP contribution in [0.3, 0.4) is 0 Å². The van der Waals surface area contributed by atoms with Crippen LogP contribution in [0.25, 0.3) is 83.0 Å². The smallest absolute Gasteiger partial charge is 0.254 e. The Morgan fingerprint density at radius 2 is 0.800 bits per heavy atom. The number of hydrogen-bond donors (Lipinski definition) is 0. The highest BCUT2D eigenvalue weighted by Gasteiger charge is 2.19. The molecular formula is C50H32N8O2. The summed E-state index contributed by atoms with van der Waals surface area (Å²) >= 11 is 0. The Balaban J connectivity index is 0.963. The predicted molar refractivity (Wildman–Crippen MR) is 236 cm³/mol. The fourth-order valence-electron chi connectivity index (χ4n) is 8.55. The van der Waals surface area contributed by atoms with Crippen molar-refractivity contribution in [2.24, 2.45) is 0 Å². The third-order valence-electron chi connectivity index (χ3n) is 11.1. The van der Waals surface area contributed by atoms with Crippen LogP contribution >= 0.6 is 0 Å². The summed E-state index contributed by atoms with van der Waals surface area (Å²) in [6.07, 6.45) is 5.29. The molecule has 10 heteroatoms. The van der Waals surface area contributed by atoms with Crippen LogP contribution in [0.1, 0.15) is 5.69 Å². The molecule has 0 spiro atoms. The van der Waals surface area contributed by atoms with Crippen molar-refractivity contribution in [3.8, 4) is 40.6 Å². The summed E-state index contributed by atoms with van der Waals surface area (Å²) in [5, 5.41) is 15.4. The molecule has 12 aromatic rings. The van der Waals surface area contributed by atoms with Gasteiger partial charge in [-0.25, -0.2) is 15.0 Å². The average Bonchev–Trinajstić information content (AvgIpc) is 3.91. The summed E-state index contributed by atoms with van der Waals surface area (Å²) in [7, 11) is 0. The van der Waals surface area contributed by atoms with E-state index in [1.165, 1.54) is 0 Å². The molecule has 0 unspecified atom stereocenters. The van der Waals surface area contributed by atoms with Crippen LogP contribution in [0.15, 0.2) is 176 Å². The van der Waals surface area contributed by atoms with Crippen LogP contribution in [-0.4, -0.2) is 38.9 Å². The molecule has 0 radical (unpaired) electrons. The zero-order valence-electron chi connectivity index (χ0n) is 32.1. The lowest BCUT2D eigenvalue weighted by Crippen LogP contribution is -2.03. The van der Waals surface area contributed by atoms with Crippen molar-refractivity contribution < 1.29 is 9.47 Å². The zero-order chi connectivity index (χ0) is 39.7. The summed E-state index contributed by atoms with van der Waals surface area (Å²) in [4.78, 5) is 14.2. The largest absolute Gasteiger partial charge is 0.457 e. The number of nitrogens with zero attached hydrogens (tertiary/aromatic N) is 8. The molecule has 60 heavy (non-hydrogen) atoms. The standard InChI is InChI=1S/C50H32N8O2/c1-31-30-53-55-50(54-31)58-46-28-34(59-32-16-20-38-36-10-2-4-12-42(36)56(44(38)26-32)48-14-6-8-24-51-48)18-22-40(46)41-23-19-35(29-47(41)58)60-33-17-21-39-37-11-3-5-13-43(37)57(45(39)27-33)49-15-7-9-25-52-49/h2-30H,1H3. The number of hydrogen-bond acceptors (Lipinski definition) is 7. The van der Waals surface area contributed by atoms with Gasteiger partial charge in [0.1, 0.15) is 34.6 Å². The van der Waals surface area contributed by atoms with Crippen molar-refractivity contribution in [1.82, 2.24) is 38.9 Å². The van der Waals surface area contributed by atoms with E-state index < -0.39 is 0 Å². The Morgan fingerprint density at radius 1 is 0.400 bits per heavy atom. The van der Waals surface area contributed by atoms with E-state index in [4.69, 9.17) is 14.5 Å². The molecule has 0 aliphatic carbocycles. The molecule has 0 fully saturated rings. The number of fused-ring (bicyclic) bond motifs is 9. The first-order valence-electron chi connectivity index (χ1n) is 19.6. The van der Waals surface area contributed by atoms with E-state index >= 15 is 0 Å². The van der Waals surface area contributed by atoms with Gasteiger partial charge in [-0.15, -0.1) is 5.10 Å². The molecule has 0 amide bonds. The second-order valence-corrected chi connectivity index (χ2v) is 14.7. The lowest BCUT2D eigenvalue weighted by Gasteiger charge is -2.10. The SMILES string of the molecule is Cc1cnnc(-n2c3cc(Oc4ccc5c6ccccc6n(-c6ccccn6)c5c4)ccc3c3ccc(Oc4ccc5c6ccccc6n(-c6ccccn6)c5c4)cc32)n1. The minimum absolute atomic E-state index is 0.451. The molecular weight excluding hydrogens is 745 g/mol. The molecule has 0 aliphatic rings. The predicted octanol–water partition coefficient (Wildman–Crippen LogP) is 11.8. The van der Waals surface area contributed by atoms with E-state index in [9.17, 15) is 0 Å². The highest BCUT2D eigenvalue weighted by molar-refractivity contribution is 6.11. The number of aryl methyl sites for hydroxylation is 1. The van der Waals surface area contributed by atoms with Gasteiger partial charge in [0.2, 0.25) is 0 Å². The molecule has 12 rings (SSSR count). The van der Waals surface area contributed by atoms with Crippen LogP contribution in [0.5, 0.6) is 23.0 Å². The van der Waals surface area contributed by atoms with Crippen molar-refractivity contribution in [3.05, 3.63) is 182 Å². The van der Waals surface area contributed by atoms with Gasteiger partial charge in [0.15, 0.2) is 0 Å². The van der Waals surface area contributed by atoms with Gasteiger partial charge in [0, 0.05) is 69.0 Å². The van der Waals surface area contributed by atoms with E-state index in [0.29, 0.717) is 28.9 Å².